The summed E-state index contributed by atoms with van der Waals surface area (Å²) in [5.41, 5.74) is 0.352. The second-order valence-electron chi connectivity index (χ2n) is 3.97. The summed E-state index contributed by atoms with van der Waals surface area (Å²) in [5, 5.41) is 9.91. The Morgan fingerprint density at radius 3 is 2.71 bits per heavy atom. The number of rotatable bonds is 2. The summed E-state index contributed by atoms with van der Waals surface area (Å²) >= 11 is 5.61. The van der Waals surface area contributed by atoms with Crippen molar-refractivity contribution in [2.24, 2.45) is 0 Å². The van der Waals surface area contributed by atoms with Gasteiger partial charge in [0.2, 0.25) is 0 Å². The summed E-state index contributed by atoms with van der Waals surface area (Å²) < 4.78 is 0. The van der Waals surface area contributed by atoms with Gasteiger partial charge in [0.15, 0.2) is 0 Å². The smallest absolute Gasteiger partial charge is 0.147 e. The highest BCUT2D eigenvalue weighted by Crippen LogP contribution is 2.21. The van der Waals surface area contributed by atoms with Crippen molar-refractivity contribution in [3.05, 3.63) is 23.2 Å². The Labute approximate surface area is 87.5 Å². The molecule has 1 saturated heterocycles. The van der Waals surface area contributed by atoms with Gasteiger partial charge >= 0.3 is 0 Å². The molecule has 1 N–H and O–H groups in total. The fraction of sp³-hybridized carbons (Fsp3) is 0.556. The van der Waals surface area contributed by atoms with Crippen LogP contribution in [0.4, 0.5) is 0 Å². The summed E-state index contributed by atoms with van der Waals surface area (Å²) in [6.45, 7) is 3.94. The molecule has 1 aliphatic rings. The highest BCUT2D eigenvalue weighted by atomic mass is 35.5. The predicted octanol–water partition coefficient (Wildman–Crippen LogP) is 0.697. The Hall–Kier alpha value is -0.710. The van der Waals surface area contributed by atoms with Gasteiger partial charge in [0.25, 0.3) is 0 Å². The number of hydrogen-bond acceptors (Lipinski definition) is 4. The van der Waals surface area contributed by atoms with E-state index in [4.69, 9.17) is 11.6 Å². The molecule has 0 aliphatic carbocycles. The van der Waals surface area contributed by atoms with Crippen LogP contribution in [0.15, 0.2) is 12.4 Å². The quantitative estimate of drug-likeness (QED) is 0.786. The number of halogens is 1. The van der Waals surface area contributed by atoms with Gasteiger partial charge < -0.3 is 5.11 Å². The molecule has 1 aromatic heterocycles. The number of β-amino-alcohol motifs (C(OH)–C–C–N with tert-alkyl or cyclic N) is 1. The van der Waals surface area contributed by atoms with Crippen LogP contribution in [0.1, 0.15) is 12.6 Å². The van der Waals surface area contributed by atoms with Crippen LogP contribution in [0.3, 0.4) is 0 Å². The highest BCUT2D eigenvalue weighted by molar-refractivity contribution is 6.29. The minimum absolute atomic E-state index is 0.407. The first kappa shape index (κ1) is 9.83. The van der Waals surface area contributed by atoms with Crippen molar-refractivity contribution in [1.82, 2.24) is 14.9 Å². The minimum atomic E-state index is -0.528. The Kier molecular flexibility index (Phi) is 2.43. The molecule has 1 fully saturated rings. The molecule has 1 aliphatic heterocycles. The first-order valence-corrected chi connectivity index (χ1v) is 4.84. The molecule has 0 unspecified atom stereocenters. The van der Waals surface area contributed by atoms with Crippen molar-refractivity contribution >= 4 is 11.6 Å². The van der Waals surface area contributed by atoms with Crippen LogP contribution in [0.5, 0.6) is 0 Å². The molecule has 4 nitrogen and oxygen atoms in total. The molecular weight excluding hydrogens is 202 g/mol. The van der Waals surface area contributed by atoms with Crippen LogP contribution in [0.2, 0.25) is 5.15 Å². The van der Waals surface area contributed by atoms with Gasteiger partial charge in [-0.25, -0.2) is 4.98 Å². The van der Waals surface area contributed by atoms with Gasteiger partial charge in [-0.1, -0.05) is 11.6 Å². The van der Waals surface area contributed by atoms with Gasteiger partial charge in [-0.2, -0.15) is 0 Å². The van der Waals surface area contributed by atoms with E-state index in [0.717, 1.165) is 12.2 Å². The maximum atomic E-state index is 9.51. The third kappa shape index (κ3) is 2.20. The number of aromatic nitrogens is 2. The molecule has 0 amide bonds. The molecule has 0 spiro atoms. The van der Waals surface area contributed by atoms with Gasteiger partial charge in [0.05, 0.1) is 23.7 Å². The lowest BCUT2D eigenvalue weighted by molar-refractivity contribution is -0.0876. The third-order valence-electron chi connectivity index (χ3n) is 2.19. The first-order chi connectivity index (χ1) is 6.55. The fourth-order valence-corrected chi connectivity index (χ4v) is 1.78. The van der Waals surface area contributed by atoms with E-state index < -0.39 is 5.60 Å². The van der Waals surface area contributed by atoms with Crippen molar-refractivity contribution in [1.29, 1.82) is 0 Å². The second kappa shape index (κ2) is 3.46. The topological polar surface area (TPSA) is 49.2 Å². The first-order valence-electron chi connectivity index (χ1n) is 4.46. The van der Waals surface area contributed by atoms with Crippen LogP contribution < -0.4 is 0 Å². The van der Waals surface area contributed by atoms with Crippen molar-refractivity contribution in [2.45, 2.75) is 19.1 Å². The number of hydrogen-bond donors (Lipinski definition) is 1. The Balaban J connectivity index is 1.90. The standard InChI is InChI=1S/C9H12ClN3O/c1-9(14)5-13(6-9)4-7-2-12-8(10)3-11-7/h2-3,14H,4-6H2,1H3. The average Bonchev–Trinajstić information content (AvgIpc) is 2.06. The van der Waals surface area contributed by atoms with E-state index in [2.05, 4.69) is 14.9 Å². The zero-order valence-electron chi connectivity index (χ0n) is 7.94. The van der Waals surface area contributed by atoms with E-state index in [0.29, 0.717) is 18.2 Å². The van der Waals surface area contributed by atoms with Crippen molar-refractivity contribution in [3.8, 4) is 0 Å². The second-order valence-corrected chi connectivity index (χ2v) is 4.36. The van der Waals surface area contributed by atoms with Crippen molar-refractivity contribution < 1.29 is 5.11 Å². The molecule has 2 heterocycles. The van der Waals surface area contributed by atoms with Crippen molar-refractivity contribution in [3.63, 3.8) is 0 Å². The van der Waals surface area contributed by atoms with Crippen LogP contribution in [0.25, 0.3) is 0 Å². The molecular formula is C9H12ClN3O. The molecule has 0 atom stereocenters. The maximum absolute atomic E-state index is 9.51. The SMILES string of the molecule is CC1(O)CN(Cc2cnc(Cl)cn2)C1. The monoisotopic (exact) mass is 213 g/mol. The normalized spacial score (nSPS) is 20.5. The molecule has 5 heteroatoms. The summed E-state index contributed by atoms with van der Waals surface area (Å²) in [7, 11) is 0. The fourth-order valence-electron chi connectivity index (χ4n) is 1.68. The molecule has 1 aromatic rings. The van der Waals surface area contributed by atoms with Crippen LogP contribution in [0, 0.1) is 0 Å². The summed E-state index contributed by atoms with van der Waals surface area (Å²) in [6.07, 6.45) is 3.20. The lowest BCUT2D eigenvalue weighted by Gasteiger charge is -2.43. The molecule has 2 rings (SSSR count). The van der Waals surface area contributed by atoms with Crippen LogP contribution in [-0.2, 0) is 6.54 Å². The largest absolute Gasteiger partial charge is 0.388 e. The van der Waals surface area contributed by atoms with E-state index in [1.54, 1.807) is 6.20 Å². The van der Waals surface area contributed by atoms with Gasteiger partial charge in [0, 0.05) is 19.6 Å². The van der Waals surface area contributed by atoms with Crippen LogP contribution in [-0.4, -0.2) is 38.7 Å². The maximum Gasteiger partial charge on any atom is 0.147 e. The Morgan fingerprint density at radius 1 is 1.50 bits per heavy atom. The molecule has 0 aromatic carbocycles. The van der Waals surface area contributed by atoms with Crippen LogP contribution >= 0.6 is 11.6 Å². The van der Waals surface area contributed by atoms with Gasteiger partial charge in [-0.05, 0) is 6.92 Å². The molecule has 76 valence electrons. The third-order valence-corrected chi connectivity index (χ3v) is 2.38. The van der Waals surface area contributed by atoms with Gasteiger partial charge in [-0.15, -0.1) is 0 Å². The highest BCUT2D eigenvalue weighted by Gasteiger charge is 2.36. The predicted molar refractivity (Wildman–Crippen MR) is 52.9 cm³/mol. The van der Waals surface area contributed by atoms with E-state index in [9.17, 15) is 5.11 Å². The summed E-state index contributed by atoms with van der Waals surface area (Å²) in [5.74, 6) is 0. The molecule has 14 heavy (non-hydrogen) atoms. The summed E-state index contributed by atoms with van der Waals surface area (Å²) in [6, 6.07) is 0. The Morgan fingerprint density at radius 2 is 2.21 bits per heavy atom. The van der Waals surface area contributed by atoms with Gasteiger partial charge in [-0.3, -0.25) is 9.88 Å². The minimum Gasteiger partial charge on any atom is -0.388 e. The van der Waals surface area contributed by atoms with Gasteiger partial charge in [0.1, 0.15) is 5.15 Å². The molecule has 0 saturated carbocycles. The average molecular weight is 214 g/mol. The molecule has 0 radical (unpaired) electrons. The number of nitrogens with zero attached hydrogens (tertiary/aromatic N) is 3. The zero-order valence-corrected chi connectivity index (χ0v) is 8.70. The summed E-state index contributed by atoms with van der Waals surface area (Å²) in [4.78, 5) is 10.2. The molecule has 0 bridgehead atoms. The number of aliphatic hydroxyl groups is 1. The Bertz CT molecular complexity index is 317. The van der Waals surface area contributed by atoms with E-state index in [-0.39, 0.29) is 0 Å². The lowest BCUT2D eigenvalue weighted by atomic mass is 9.97. The van der Waals surface area contributed by atoms with E-state index >= 15 is 0 Å². The zero-order chi connectivity index (χ0) is 10.2. The van der Waals surface area contributed by atoms with E-state index in [1.807, 2.05) is 6.92 Å². The lowest BCUT2D eigenvalue weighted by Crippen LogP contribution is -2.59. The number of likely N-dealkylation sites (tertiary alicyclic amines) is 1. The van der Waals surface area contributed by atoms with E-state index in [1.165, 1.54) is 6.20 Å². The van der Waals surface area contributed by atoms with Crippen molar-refractivity contribution in [2.75, 3.05) is 13.1 Å².